The molecule has 0 aromatic heterocycles. The van der Waals surface area contributed by atoms with Gasteiger partial charge in [0, 0.05) is 16.8 Å². The van der Waals surface area contributed by atoms with Crippen molar-refractivity contribution in [1.82, 2.24) is 4.90 Å². The van der Waals surface area contributed by atoms with Gasteiger partial charge in [-0.1, -0.05) is 0 Å². The highest BCUT2D eigenvalue weighted by Gasteiger charge is 2.37. The summed E-state index contributed by atoms with van der Waals surface area (Å²) in [6.07, 6.45) is 3.31. The Labute approximate surface area is 132 Å². The van der Waals surface area contributed by atoms with Gasteiger partial charge in [0.2, 0.25) is 10.0 Å². The average Bonchev–Trinajstić information content (AvgIpc) is 2.76. The van der Waals surface area contributed by atoms with Crippen molar-refractivity contribution in [2.24, 2.45) is 0 Å². The van der Waals surface area contributed by atoms with Crippen LogP contribution in [0.25, 0.3) is 0 Å². The van der Waals surface area contributed by atoms with E-state index < -0.39 is 10.0 Å². The van der Waals surface area contributed by atoms with Crippen molar-refractivity contribution >= 4 is 21.5 Å². The smallest absolute Gasteiger partial charge is 0.229 e. The fraction of sp³-hybridized carbons (Fsp3) is 0.562. The zero-order chi connectivity index (χ0) is 16.5. The number of ketones is 1. The van der Waals surface area contributed by atoms with Crippen molar-refractivity contribution in [3.63, 3.8) is 0 Å². The van der Waals surface area contributed by atoms with E-state index in [1.807, 2.05) is 6.92 Å². The summed E-state index contributed by atoms with van der Waals surface area (Å²) in [5.41, 5.74) is 1.12. The lowest BCUT2D eigenvalue weighted by Crippen LogP contribution is -2.47. The van der Waals surface area contributed by atoms with Crippen LogP contribution in [0.4, 0.5) is 5.69 Å². The molecular formula is C16H24N2O3S. The average molecular weight is 324 g/mol. The van der Waals surface area contributed by atoms with Crippen LogP contribution in [0, 0.1) is 0 Å². The summed E-state index contributed by atoms with van der Waals surface area (Å²) in [6.45, 7) is 7.22. The van der Waals surface area contributed by atoms with Gasteiger partial charge in [-0.15, -0.1) is 0 Å². The molecule has 2 rings (SSSR count). The van der Waals surface area contributed by atoms with Crippen LogP contribution >= 0.6 is 0 Å². The third-order valence-corrected chi connectivity index (χ3v) is 4.89. The van der Waals surface area contributed by atoms with E-state index in [0.29, 0.717) is 11.3 Å². The molecule has 1 fully saturated rings. The van der Waals surface area contributed by atoms with E-state index >= 15 is 0 Å². The number of carbonyl (C=O) groups is 1. The second kappa shape index (κ2) is 6.01. The summed E-state index contributed by atoms with van der Waals surface area (Å²) < 4.78 is 24.8. The molecule has 1 atom stereocenters. The van der Waals surface area contributed by atoms with Crippen LogP contribution in [0.15, 0.2) is 24.3 Å². The normalized spacial score (nSPS) is 19.8. The highest BCUT2D eigenvalue weighted by atomic mass is 32.2. The Bertz CT molecular complexity index is 650. The first-order valence-corrected chi connectivity index (χ1v) is 9.38. The minimum atomic E-state index is -3.30. The Hall–Kier alpha value is -1.40. The number of Topliss-reactive ketones (excluding diaryl/α,β-unsaturated/α-hetero) is 1. The lowest BCUT2D eigenvalue weighted by Gasteiger charge is -2.35. The number of hydrogen-bond acceptors (Lipinski definition) is 4. The molecule has 0 saturated carbocycles. The molecule has 1 heterocycles. The van der Waals surface area contributed by atoms with E-state index in [1.54, 1.807) is 24.3 Å². The third-order valence-electron chi connectivity index (χ3n) is 4.28. The number of likely N-dealkylation sites (tertiary alicyclic amines) is 1. The van der Waals surface area contributed by atoms with Gasteiger partial charge < -0.3 is 0 Å². The van der Waals surface area contributed by atoms with Crippen LogP contribution < -0.4 is 4.72 Å². The SMILES string of the molecule is CC(C(=O)c1ccc(NS(C)(=O)=O)cc1)N1CCCC1(C)C. The predicted octanol–water partition coefficient (Wildman–Crippen LogP) is 2.50. The monoisotopic (exact) mass is 324 g/mol. The quantitative estimate of drug-likeness (QED) is 0.845. The summed E-state index contributed by atoms with van der Waals surface area (Å²) in [5.74, 6) is 0.0703. The van der Waals surface area contributed by atoms with Crippen molar-refractivity contribution in [2.75, 3.05) is 17.5 Å². The van der Waals surface area contributed by atoms with Crippen LogP contribution in [0.5, 0.6) is 0 Å². The second-order valence-electron chi connectivity index (χ2n) is 6.60. The van der Waals surface area contributed by atoms with Crippen molar-refractivity contribution < 1.29 is 13.2 Å². The number of anilines is 1. The molecule has 1 aliphatic rings. The van der Waals surface area contributed by atoms with Crippen molar-refractivity contribution in [3.8, 4) is 0 Å². The number of carbonyl (C=O) groups excluding carboxylic acids is 1. The van der Waals surface area contributed by atoms with Crippen LogP contribution in [0.3, 0.4) is 0 Å². The maximum atomic E-state index is 12.6. The van der Waals surface area contributed by atoms with E-state index in [2.05, 4.69) is 23.5 Å². The summed E-state index contributed by atoms with van der Waals surface area (Å²) in [7, 11) is -3.30. The molecule has 0 bridgehead atoms. The Morgan fingerprint density at radius 1 is 1.27 bits per heavy atom. The second-order valence-corrected chi connectivity index (χ2v) is 8.35. The fourth-order valence-electron chi connectivity index (χ4n) is 3.15. The van der Waals surface area contributed by atoms with Gasteiger partial charge in [0.1, 0.15) is 0 Å². The van der Waals surface area contributed by atoms with Crippen LogP contribution in [-0.4, -0.2) is 43.5 Å². The van der Waals surface area contributed by atoms with Crippen LogP contribution in [0.2, 0.25) is 0 Å². The zero-order valence-electron chi connectivity index (χ0n) is 13.6. The highest BCUT2D eigenvalue weighted by molar-refractivity contribution is 7.92. The highest BCUT2D eigenvalue weighted by Crippen LogP contribution is 2.31. The number of nitrogens with one attached hydrogen (secondary N) is 1. The molecule has 1 N–H and O–H groups in total. The number of rotatable bonds is 5. The van der Waals surface area contributed by atoms with Crippen molar-refractivity contribution in [3.05, 3.63) is 29.8 Å². The first-order valence-electron chi connectivity index (χ1n) is 7.49. The standard InChI is InChI=1S/C16H24N2O3S/c1-12(18-11-5-10-16(18,2)3)15(19)13-6-8-14(9-7-13)17-22(4,20)21/h6-9,12,17H,5,10-11H2,1-4H3. The molecule has 1 aromatic carbocycles. The molecule has 5 nitrogen and oxygen atoms in total. The topological polar surface area (TPSA) is 66.5 Å². The van der Waals surface area contributed by atoms with E-state index in [4.69, 9.17) is 0 Å². The Morgan fingerprint density at radius 3 is 2.32 bits per heavy atom. The van der Waals surface area contributed by atoms with Crippen LogP contribution in [0.1, 0.15) is 44.0 Å². The fourth-order valence-corrected chi connectivity index (χ4v) is 3.71. The largest absolute Gasteiger partial charge is 0.292 e. The maximum Gasteiger partial charge on any atom is 0.229 e. The van der Waals surface area contributed by atoms with Crippen molar-refractivity contribution in [2.45, 2.75) is 45.2 Å². The van der Waals surface area contributed by atoms with Gasteiger partial charge >= 0.3 is 0 Å². The zero-order valence-corrected chi connectivity index (χ0v) is 14.4. The summed E-state index contributed by atoms with van der Waals surface area (Å²) in [4.78, 5) is 14.9. The van der Waals surface area contributed by atoms with Gasteiger partial charge in [0.05, 0.1) is 12.3 Å². The molecular weight excluding hydrogens is 300 g/mol. The molecule has 0 spiro atoms. The Balaban J connectivity index is 2.13. The lowest BCUT2D eigenvalue weighted by molar-refractivity contribution is 0.0722. The molecule has 122 valence electrons. The van der Waals surface area contributed by atoms with Gasteiger partial charge in [-0.25, -0.2) is 8.42 Å². The molecule has 0 aliphatic carbocycles. The van der Waals surface area contributed by atoms with E-state index in [1.165, 1.54) is 0 Å². The molecule has 1 aromatic rings. The van der Waals surface area contributed by atoms with Gasteiger partial charge in [-0.2, -0.15) is 0 Å². The maximum absolute atomic E-state index is 12.6. The predicted molar refractivity (Wildman–Crippen MR) is 88.7 cm³/mol. The lowest BCUT2D eigenvalue weighted by atomic mass is 9.97. The summed E-state index contributed by atoms with van der Waals surface area (Å²) in [5, 5.41) is 0. The number of nitrogens with zero attached hydrogens (tertiary/aromatic N) is 1. The molecule has 22 heavy (non-hydrogen) atoms. The van der Waals surface area contributed by atoms with E-state index in [9.17, 15) is 13.2 Å². The summed E-state index contributed by atoms with van der Waals surface area (Å²) in [6, 6.07) is 6.42. The molecule has 1 unspecified atom stereocenters. The molecule has 0 radical (unpaired) electrons. The van der Waals surface area contributed by atoms with Crippen molar-refractivity contribution in [1.29, 1.82) is 0 Å². The summed E-state index contributed by atoms with van der Waals surface area (Å²) >= 11 is 0. The number of hydrogen-bond donors (Lipinski definition) is 1. The first kappa shape index (κ1) is 17.0. The number of sulfonamides is 1. The molecule has 0 amide bonds. The minimum Gasteiger partial charge on any atom is -0.292 e. The number of benzene rings is 1. The first-order chi connectivity index (χ1) is 10.1. The molecule has 1 saturated heterocycles. The van der Waals surface area contributed by atoms with Crippen LogP contribution in [-0.2, 0) is 10.0 Å². The van der Waals surface area contributed by atoms with E-state index in [0.717, 1.165) is 25.6 Å². The van der Waals surface area contributed by atoms with Gasteiger partial charge in [-0.3, -0.25) is 14.4 Å². The van der Waals surface area contributed by atoms with Gasteiger partial charge in [-0.05, 0) is 64.4 Å². The van der Waals surface area contributed by atoms with Gasteiger partial charge in [0.25, 0.3) is 0 Å². The molecule has 1 aliphatic heterocycles. The Morgan fingerprint density at radius 2 is 1.86 bits per heavy atom. The van der Waals surface area contributed by atoms with Gasteiger partial charge in [0.15, 0.2) is 5.78 Å². The Kier molecular flexibility index (Phi) is 4.63. The molecule has 6 heteroatoms. The minimum absolute atomic E-state index is 0.0485. The van der Waals surface area contributed by atoms with E-state index in [-0.39, 0.29) is 17.4 Å². The third kappa shape index (κ3) is 3.87.